The van der Waals surface area contributed by atoms with E-state index in [1.165, 1.54) is 6.42 Å². The number of methoxy groups -OCH3 is 2. The lowest BCUT2D eigenvalue weighted by Crippen LogP contribution is -2.47. The van der Waals surface area contributed by atoms with Gasteiger partial charge < -0.3 is 19.7 Å². The van der Waals surface area contributed by atoms with E-state index in [9.17, 15) is 9.59 Å². The molecule has 0 aliphatic heterocycles. The molecule has 0 bridgehead atoms. The van der Waals surface area contributed by atoms with Gasteiger partial charge in [0, 0.05) is 17.1 Å². The first-order valence-electron chi connectivity index (χ1n) is 11.9. The highest BCUT2D eigenvalue weighted by Crippen LogP contribution is 2.34. The van der Waals surface area contributed by atoms with E-state index in [2.05, 4.69) is 10.3 Å². The zero-order valence-corrected chi connectivity index (χ0v) is 20.9. The molecule has 1 unspecified atom stereocenters. The Bertz CT molecular complexity index is 1110. The standard InChI is InChI=1S/C27H31N3O4S/c1-33-23-14-13-19(17-24(23)34-2)25(26(31)29-20-9-4-3-5-10-20)30(18-21-11-8-16-35-21)27(32)22-12-6-7-15-28-22/h6-8,11-17,20,25H,3-5,9-10,18H2,1-2H3,(H,29,31). The summed E-state index contributed by atoms with van der Waals surface area (Å²) in [6.07, 6.45) is 6.86. The molecule has 7 nitrogen and oxygen atoms in total. The molecule has 1 aliphatic rings. The predicted octanol–water partition coefficient (Wildman–Crippen LogP) is 4.99. The third kappa shape index (κ3) is 6.00. The first-order chi connectivity index (χ1) is 17.1. The molecule has 184 valence electrons. The summed E-state index contributed by atoms with van der Waals surface area (Å²) in [5.74, 6) is 0.549. The molecule has 1 atom stereocenters. The second-order valence-electron chi connectivity index (χ2n) is 8.59. The molecule has 1 N–H and O–H groups in total. The lowest BCUT2D eigenvalue weighted by Gasteiger charge is -2.33. The van der Waals surface area contributed by atoms with Crippen LogP contribution in [0.3, 0.4) is 0 Å². The van der Waals surface area contributed by atoms with Crippen molar-refractivity contribution < 1.29 is 19.1 Å². The van der Waals surface area contributed by atoms with Crippen molar-refractivity contribution in [3.8, 4) is 11.5 Å². The highest BCUT2D eigenvalue weighted by molar-refractivity contribution is 7.09. The predicted molar refractivity (Wildman–Crippen MR) is 136 cm³/mol. The van der Waals surface area contributed by atoms with E-state index in [0.29, 0.717) is 22.8 Å². The maximum atomic E-state index is 13.9. The Balaban J connectivity index is 1.77. The van der Waals surface area contributed by atoms with Gasteiger partial charge in [-0.15, -0.1) is 11.3 Å². The van der Waals surface area contributed by atoms with Crippen LogP contribution in [0.4, 0.5) is 0 Å². The molecule has 1 saturated carbocycles. The highest BCUT2D eigenvalue weighted by Gasteiger charge is 2.34. The summed E-state index contributed by atoms with van der Waals surface area (Å²) < 4.78 is 10.9. The molecule has 1 aromatic carbocycles. The van der Waals surface area contributed by atoms with Crippen molar-refractivity contribution >= 4 is 23.2 Å². The molecule has 1 fully saturated rings. The number of amides is 2. The molecule has 0 radical (unpaired) electrons. The average Bonchev–Trinajstić information content (AvgIpc) is 3.42. The van der Waals surface area contributed by atoms with Gasteiger partial charge in [-0.2, -0.15) is 0 Å². The summed E-state index contributed by atoms with van der Waals surface area (Å²) in [4.78, 5) is 34.5. The van der Waals surface area contributed by atoms with E-state index in [4.69, 9.17) is 9.47 Å². The van der Waals surface area contributed by atoms with Crippen LogP contribution in [0, 0.1) is 0 Å². The smallest absolute Gasteiger partial charge is 0.273 e. The number of hydrogen-bond donors (Lipinski definition) is 1. The molecule has 2 amide bonds. The number of carbonyl (C=O) groups is 2. The first kappa shape index (κ1) is 24.7. The second-order valence-corrected chi connectivity index (χ2v) is 9.62. The first-order valence-corrected chi connectivity index (χ1v) is 12.8. The Morgan fingerprint density at radius 1 is 1.06 bits per heavy atom. The average molecular weight is 494 g/mol. The van der Waals surface area contributed by atoms with E-state index in [0.717, 1.165) is 30.6 Å². The monoisotopic (exact) mass is 493 g/mol. The quantitative estimate of drug-likeness (QED) is 0.454. The van der Waals surface area contributed by atoms with Gasteiger partial charge in [0.25, 0.3) is 5.91 Å². The van der Waals surface area contributed by atoms with Gasteiger partial charge in [-0.1, -0.05) is 37.5 Å². The topological polar surface area (TPSA) is 80.8 Å². The summed E-state index contributed by atoms with van der Waals surface area (Å²) in [7, 11) is 3.12. The number of nitrogens with one attached hydrogen (secondary N) is 1. The van der Waals surface area contributed by atoms with E-state index in [1.54, 1.807) is 67.0 Å². The van der Waals surface area contributed by atoms with Crippen LogP contribution in [0.25, 0.3) is 0 Å². The maximum absolute atomic E-state index is 13.9. The molecular formula is C27H31N3O4S. The Morgan fingerprint density at radius 2 is 1.86 bits per heavy atom. The van der Waals surface area contributed by atoms with Crippen LogP contribution in [-0.2, 0) is 11.3 Å². The Kier molecular flexibility index (Phi) is 8.36. The summed E-state index contributed by atoms with van der Waals surface area (Å²) in [5.41, 5.74) is 0.941. The zero-order valence-electron chi connectivity index (χ0n) is 20.1. The third-order valence-electron chi connectivity index (χ3n) is 6.29. The number of ether oxygens (including phenoxy) is 2. The molecule has 2 aromatic heterocycles. The van der Waals surface area contributed by atoms with Gasteiger partial charge >= 0.3 is 0 Å². The molecule has 4 rings (SSSR count). The van der Waals surface area contributed by atoms with Gasteiger partial charge in [-0.05, 0) is 54.1 Å². The minimum atomic E-state index is -0.867. The van der Waals surface area contributed by atoms with E-state index < -0.39 is 6.04 Å². The van der Waals surface area contributed by atoms with Crippen molar-refractivity contribution in [2.45, 2.75) is 50.7 Å². The molecule has 0 saturated heterocycles. The van der Waals surface area contributed by atoms with Crippen molar-refractivity contribution in [2.24, 2.45) is 0 Å². The van der Waals surface area contributed by atoms with Crippen LogP contribution in [0.15, 0.2) is 60.1 Å². The summed E-state index contributed by atoms with van der Waals surface area (Å²) in [6, 6.07) is 13.7. The van der Waals surface area contributed by atoms with Crippen LogP contribution < -0.4 is 14.8 Å². The van der Waals surface area contributed by atoms with E-state index in [1.807, 2.05) is 23.6 Å². The van der Waals surface area contributed by atoms with Gasteiger partial charge in [0.15, 0.2) is 11.5 Å². The van der Waals surface area contributed by atoms with Gasteiger partial charge in [-0.25, -0.2) is 0 Å². The lowest BCUT2D eigenvalue weighted by atomic mass is 9.94. The fourth-order valence-corrected chi connectivity index (χ4v) is 5.21. The van der Waals surface area contributed by atoms with Gasteiger partial charge in [0.2, 0.25) is 5.91 Å². The number of pyridine rings is 1. The minimum Gasteiger partial charge on any atom is -0.493 e. The van der Waals surface area contributed by atoms with E-state index in [-0.39, 0.29) is 24.4 Å². The molecule has 3 aromatic rings. The van der Waals surface area contributed by atoms with Gasteiger partial charge in [0.1, 0.15) is 11.7 Å². The molecule has 8 heteroatoms. The zero-order chi connectivity index (χ0) is 24.6. The fourth-order valence-electron chi connectivity index (χ4n) is 4.51. The van der Waals surface area contributed by atoms with Crippen LogP contribution in [0.2, 0.25) is 0 Å². The number of nitrogens with zero attached hydrogens (tertiary/aromatic N) is 2. The summed E-state index contributed by atoms with van der Waals surface area (Å²) in [5, 5.41) is 5.19. The molecule has 2 heterocycles. The Morgan fingerprint density at radius 3 is 2.51 bits per heavy atom. The van der Waals surface area contributed by atoms with Crippen molar-refractivity contribution in [2.75, 3.05) is 14.2 Å². The highest BCUT2D eigenvalue weighted by atomic mass is 32.1. The SMILES string of the molecule is COc1ccc(C(C(=O)NC2CCCCC2)N(Cc2cccs2)C(=O)c2ccccn2)cc1OC. The molecule has 35 heavy (non-hydrogen) atoms. The van der Waals surface area contributed by atoms with Crippen molar-refractivity contribution in [1.82, 2.24) is 15.2 Å². The number of aromatic nitrogens is 1. The van der Waals surface area contributed by atoms with Crippen LogP contribution >= 0.6 is 11.3 Å². The third-order valence-corrected chi connectivity index (χ3v) is 7.15. The molecular weight excluding hydrogens is 462 g/mol. The van der Waals surface area contributed by atoms with Crippen LogP contribution in [-0.4, -0.2) is 42.0 Å². The minimum absolute atomic E-state index is 0.104. The Labute approximate surface area is 210 Å². The van der Waals surface area contributed by atoms with Crippen molar-refractivity contribution in [3.63, 3.8) is 0 Å². The molecule has 1 aliphatic carbocycles. The largest absolute Gasteiger partial charge is 0.493 e. The number of benzene rings is 1. The van der Waals surface area contributed by atoms with Crippen molar-refractivity contribution in [1.29, 1.82) is 0 Å². The lowest BCUT2D eigenvalue weighted by molar-refractivity contribution is -0.127. The van der Waals surface area contributed by atoms with Crippen LogP contribution in [0.5, 0.6) is 11.5 Å². The number of rotatable bonds is 9. The Hall–Kier alpha value is -3.39. The van der Waals surface area contributed by atoms with E-state index >= 15 is 0 Å². The number of thiophene rings is 1. The molecule has 0 spiro atoms. The normalized spacial score (nSPS) is 14.7. The second kappa shape index (κ2) is 11.8. The van der Waals surface area contributed by atoms with Gasteiger partial charge in [-0.3, -0.25) is 14.6 Å². The number of carbonyl (C=O) groups excluding carboxylic acids is 2. The van der Waals surface area contributed by atoms with Crippen LogP contribution in [0.1, 0.15) is 59.1 Å². The van der Waals surface area contributed by atoms with Gasteiger partial charge in [0.05, 0.1) is 20.8 Å². The summed E-state index contributed by atoms with van der Waals surface area (Å²) >= 11 is 1.55. The maximum Gasteiger partial charge on any atom is 0.273 e. The fraction of sp³-hybridized carbons (Fsp3) is 0.370. The summed E-state index contributed by atoms with van der Waals surface area (Å²) in [6.45, 7) is 0.282. The van der Waals surface area contributed by atoms with Crippen molar-refractivity contribution in [3.05, 3.63) is 76.2 Å². The number of hydrogen-bond acceptors (Lipinski definition) is 6.